The standard InChI is InChI=1S/C15H17ClN4O/c1-17-10-4-5-12(16)11(9-10)15(21)20-8-2-3-13(20)14-18-6-7-19-14/h4-7,9,13,17H,2-3,8H2,1H3,(H,18,19). The van der Waals surface area contributed by atoms with Crippen LogP contribution < -0.4 is 5.32 Å². The van der Waals surface area contributed by atoms with Crippen LogP contribution in [0.5, 0.6) is 0 Å². The van der Waals surface area contributed by atoms with Gasteiger partial charge in [0.2, 0.25) is 0 Å². The maximum atomic E-state index is 12.8. The Kier molecular flexibility index (Phi) is 3.84. The Morgan fingerprint density at radius 1 is 1.52 bits per heavy atom. The summed E-state index contributed by atoms with van der Waals surface area (Å²) in [5.41, 5.74) is 1.40. The summed E-state index contributed by atoms with van der Waals surface area (Å²) in [5.74, 6) is 0.790. The lowest BCUT2D eigenvalue weighted by molar-refractivity contribution is 0.0730. The number of H-pyrrole nitrogens is 1. The van der Waals surface area contributed by atoms with E-state index < -0.39 is 0 Å². The molecule has 0 radical (unpaired) electrons. The molecule has 3 rings (SSSR count). The summed E-state index contributed by atoms with van der Waals surface area (Å²) in [5, 5.41) is 3.51. The fourth-order valence-electron chi connectivity index (χ4n) is 2.75. The number of hydrogen-bond donors (Lipinski definition) is 2. The zero-order chi connectivity index (χ0) is 14.8. The molecule has 0 saturated carbocycles. The predicted octanol–water partition coefficient (Wildman–Crippen LogP) is 3.08. The number of likely N-dealkylation sites (tertiary alicyclic amines) is 1. The molecule has 0 spiro atoms. The molecule has 1 aliphatic rings. The van der Waals surface area contributed by atoms with Crippen LogP contribution in [0.3, 0.4) is 0 Å². The van der Waals surface area contributed by atoms with Crippen molar-refractivity contribution in [3.8, 4) is 0 Å². The summed E-state index contributed by atoms with van der Waals surface area (Å²) in [6, 6.07) is 5.40. The molecule has 1 fully saturated rings. The molecule has 2 aromatic rings. The van der Waals surface area contributed by atoms with Crippen molar-refractivity contribution in [3.63, 3.8) is 0 Å². The van der Waals surface area contributed by atoms with Crippen molar-refractivity contribution >= 4 is 23.2 Å². The molecule has 2 heterocycles. The van der Waals surface area contributed by atoms with Crippen molar-refractivity contribution in [2.24, 2.45) is 0 Å². The van der Waals surface area contributed by atoms with Crippen LogP contribution in [0.15, 0.2) is 30.6 Å². The number of carbonyl (C=O) groups is 1. The van der Waals surface area contributed by atoms with Gasteiger partial charge >= 0.3 is 0 Å². The number of benzene rings is 1. The van der Waals surface area contributed by atoms with Crippen LogP contribution in [0.1, 0.15) is 35.1 Å². The topological polar surface area (TPSA) is 61.0 Å². The molecule has 1 aromatic heterocycles. The summed E-state index contributed by atoms with van der Waals surface area (Å²) >= 11 is 6.20. The number of nitrogens with one attached hydrogen (secondary N) is 2. The van der Waals surface area contributed by atoms with Crippen LogP contribution >= 0.6 is 11.6 Å². The Hall–Kier alpha value is -2.01. The summed E-state index contributed by atoms with van der Waals surface area (Å²) in [4.78, 5) is 22.0. The quantitative estimate of drug-likeness (QED) is 0.916. The van der Waals surface area contributed by atoms with Gasteiger partial charge in [0.15, 0.2) is 0 Å². The maximum absolute atomic E-state index is 12.8. The van der Waals surface area contributed by atoms with Crippen LogP contribution in [-0.2, 0) is 0 Å². The fraction of sp³-hybridized carbons (Fsp3) is 0.333. The van der Waals surface area contributed by atoms with Gasteiger partial charge in [-0.3, -0.25) is 4.79 Å². The molecule has 1 saturated heterocycles. The van der Waals surface area contributed by atoms with E-state index in [0.29, 0.717) is 10.6 Å². The van der Waals surface area contributed by atoms with E-state index >= 15 is 0 Å². The second kappa shape index (κ2) is 5.77. The molecule has 21 heavy (non-hydrogen) atoms. The zero-order valence-electron chi connectivity index (χ0n) is 11.8. The number of rotatable bonds is 3. The molecule has 1 aromatic carbocycles. The smallest absolute Gasteiger partial charge is 0.256 e. The van der Waals surface area contributed by atoms with E-state index in [-0.39, 0.29) is 11.9 Å². The molecular formula is C15H17ClN4O. The lowest BCUT2D eigenvalue weighted by Crippen LogP contribution is -2.31. The molecule has 5 nitrogen and oxygen atoms in total. The van der Waals surface area contributed by atoms with Crippen LogP contribution in [0, 0.1) is 0 Å². The number of halogens is 1. The third kappa shape index (κ3) is 2.61. The van der Waals surface area contributed by atoms with Gasteiger partial charge in [-0.05, 0) is 31.0 Å². The van der Waals surface area contributed by atoms with Gasteiger partial charge in [-0.25, -0.2) is 4.98 Å². The van der Waals surface area contributed by atoms with Crippen molar-refractivity contribution in [2.45, 2.75) is 18.9 Å². The number of amides is 1. The van der Waals surface area contributed by atoms with E-state index in [1.807, 2.05) is 18.0 Å². The van der Waals surface area contributed by atoms with E-state index in [2.05, 4.69) is 15.3 Å². The third-order valence-corrected chi connectivity index (χ3v) is 4.16. The van der Waals surface area contributed by atoms with E-state index in [1.54, 1.807) is 24.5 Å². The highest BCUT2D eigenvalue weighted by atomic mass is 35.5. The van der Waals surface area contributed by atoms with Crippen molar-refractivity contribution < 1.29 is 4.79 Å². The fourth-order valence-corrected chi connectivity index (χ4v) is 2.95. The normalized spacial score (nSPS) is 18.0. The summed E-state index contributed by atoms with van der Waals surface area (Å²) in [6.45, 7) is 0.726. The molecule has 0 aliphatic carbocycles. The zero-order valence-corrected chi connectivity index (χ0v) is 12.5. The minimum Gasteiger partial charge on any atom is -0.388 e. The first-order valence-electron chi connectivity index (χ1n) is 6.98. The average molecular weight is 305 g/mol. The Morgan fingerprint density at radius 2 is 2.38 bits per heavy atom. The van der Waals surface area contributed by atoms with Crippen LogP contribution in [0.2, 0.25) is 5.02 Å². The number of nitrogens with zero attached hydrogens (tertiary/aromatic N) is 2. The second-order valence-electron chi connectivity index (χ2n) is 5.08. The van der Waals surface area contributed by atoms with Gasteiger partial charge in [-0.2, -0.15) is 0 Å². The van der Waals surface area contributed by atoms with Gasteiger partial charge in [-0.15, -0.1) is 0 Å². The summed E-state index contributed by atoms with van der Waals surface area (Å²) < 4.78 is 0. The number of aromatic amines is 1. The molecule has 1 atom stereocenters. The predicted molar refractivity (Wildman–Crippen MR) is 82.6 cm³/mol. The SMILES string of the molecule is CNc1ccc(Cl)c(C(=O)N2CCCC2c2ncc[nH]2)c1. The Bertz CT molecular complexity index is 641. The van der Waals surface area contributed by atoms with E-state index in [4.69, 9.17) is 11.6 Å². The van der Waals surface area contributed by atoms with Gasteiger partial charge in [-0.1, -0.05) is 11.6 Å². The molecule has 110 valence electrons. The third-order valence-electron chi connectivity index (χ3n) is 3.83. The number of aromatic nitrogens is 2. The first-order chi connectivity index (χ1) is 10.2. The number of anilines is 1. The van der Waals surface area contributed by atoms with Gasteiger partial charge in [0, 0.05) is 31.7 Å². The van der Waals surface area contributed by atoms with Crippen molar-refractivity contribution in [2.75, 3.05) is 18.9 Å². The lowest BCUT2D eigenvalue weighted by atomic mass is 10.1. The first kappa shape index (κ1) is 13.9. The molecule has 2 N–H and O–H groups in total. The molecule has 1 unspecified atom stereocenters. The molecule has 0 bridgehead atoms. The van der Waals surface area contributed by atoms with Crippen LogP contribution in [0.25, 0.3) is 0 Å². The number of imidazole rings is 1. The van der Waals surface area contributed by atoms with Crippen LogP contribution in [-0.4, -0.2) is 34.4 Å². The maximum Gasteiger partial charge on any atom is 0.256 e. The first-order valence-corrected chi connectivity index (χ1v) is 7.36. The van der Waals surface area contributed by atoms with E-state index in [0.717, 1.165) is 30.9 Å². The highest BCUT2D eigenvalue weighted by Crippen LogP contribution is 2.33. The minimum atomic E-state index is -0.0454. The summed E-state index contributed by atoms with van der Waals surface area (Å²) in [7, 11) is 1.82. The van der Waals surface area contributed by atoms with Crippen molar-refractivity contribution in [1.29, 1.82) is 0 Å². The number of hydrogen-bond acceptors (Lipinski definition) is 3. The summed E-state index contributed by atoms with van der Waals surface area (Å²) in [6.07, 6.45) is 5.39. The highest BCUT2D eigenvalue weighted by molar-refractivity contribution is 6.34. The van der Waals surface area contributed by atoms with Crippen molar-refractivity contribution in [1.82, 2.24) is 14.9 Å². The second-order valence-corrected chi connectivity index (χ2v) is 5.48. The Labute approximate surface area is 128 Å². The molecule has 1 amide bonds. The van der Waals surface area contributed by atoms with Crippen molar-refractivity contribution in [3.05, 3.63) is 47.0 Å². The highest BCUT2D eigenvalue weighted by Gasteiger charge is 2.32. The van der Waals surface area contributed by atoms with Gasteiger partial charge in [0.05, 0.1) is 16.6 Å². The van der Waals surface area contributed by atoms with E-state index in [1.165, 1.54) is 0 Å². The van der Waals surface area contributed by atoms with Gasteiger partial charge in [0.25, 0.3) is 5.91 Å². The van der Waals surface area contributed by atoms with Crippen LogP contribution in [0.4, 0.5) is 5.69 Å². The van der Waals surface area contributed by atoms with Gasteiger partial charge in [0.1, 0.15) is 5.82 Å². The largest absolute Gasteiger partial charge is 0.388 e. The number of carbonyl (C=O) groups excluding carboxylic acids is 1. The molecule has 6 heteroatoms. The van der Waals surface area contributed by atoms with E-state index in [9.17, 15) is 4.79 Å². The monoisotopic (exact) mass is 304 g/mol. The average Bonchev–Trinajstić information content (AvgIpc) is 3.17. The Balaban J connectivity index is 1.91. The minimum absolute atomic E-state index is 0.00167. The lowest BCUT2D eigenvalue weighted by Gasteiger charge is -2.24. The van der Waals surface area contributed by atoms with Gasteiger partial charge < -0.3 is 15.2 Å². The molecular weight excluding hydrogens is 288 g/mol. The molecule has 1 aliphatic heterocycles. The Morgan fingerprint density at radius 3 is 3.10 bits per heavy atom.